The molecule has 0 amide bonds. The van der Waals surface area contributed by atoms with Crippen molar-refractivity contribution in [3.8, 4) is 115 Å². The molecule has 84 heavy (non-hydrogen) atoms. The van der Waals surface area contributed by atoms with Gasteiger partial charge in [0.25, 0.3) is 0 Å². The van der Waals surface area contributed by atoms with Crippen molar-refractivity contribution < 1.29 is 13.2 Å². The normalized spacial score (nSPS) is 11.2. The molecule has 0 bridgehead atoms. The molecule has 0 spiro atoms. The highest BCUT2D eigenvalue weighted by Gasteiger charge is 2.34. The molecule has 0 atom stereocenters. The summed E-state index contributed by atoms with van der Waals surface area (Å²) >= 11 is 0. The summed E-state index contributed by atoms with van der Waals surface area (Å²) in [7, 11) is 0. The predicted molar refractivity (Wildman–Crippen MR) is 321 cm³/mol. The molecule has 0 fully saturated rings. The van der Waals surface area contributed by atoms with Crippen molar-refractivity contribution in [1.82, 2.24) is 9.13 Å². The van der Waals surface area contributed by atoms with Gasteiger partial charge in [-0.05, 0) is 171 Å². The number of rotatable bonds is 8. The molecule has 0 aliphatic carbocycles. The molecule has 11 heteroatoms. The van der Waals surface area contributed by atoms with Crippen LogP contribution in [-0.2, 0) is 6.18 Å². The molecule has 0 saturated heterocycles. The van der Waals surface area contributed by atoms with E-state index < -0.39 is 11.7 Å². The third-order valence-corrected chi connectivity index (χ3v) is 15.6. The van der Waals surface area contributed by atoms with E-state index in [4.69, 9.17) is 0 Å². The Balaban J connectivity index is 1.11. The monoisotopic (exact) mass is 1080 g/mol. The lowest BCUT2D eigenvalue weighted by molar-refractivity contribution is -0.137. The minimum Gasteiger partial charge on any atom is -0.309 e. The van der Waals surface area contributed by atoms with Gasteiger partial charge in [-0.3, -0.25) is 0 Å². The van der Waals surface area contributed by atoms with Crippen LogP contribution in [0.3, 0.4) is 0 Å². The van der Waals surface area contributed by atoms with Crippen LogP contribution in [0.2, 0.25) is 0 Å². The number of fused-ring (bicyclic) bond motifs is 6. The van der Waals surface area contributed by atoms with E-state index in [-0.39, 0.29) is 22.3 Å². The average Bonchev–Trinajstić information content (AvgIpc) is 2.10. The standard InChI is InChI=1S/C73H37F3N8/c74-73(75,76)67-31-44(38-77)17-25-60(67)49-23-30-70(84-71-28-21-47(58-15-7-3-11-52(58)41-80)34-65(71)66-35-48(22-29-72(66)84)59-16-8-4-12-53(59)42-81)62(36-49)61-37-55(24-18-54(61)43-82)83-68-26-19-45(56-13-5-1-9-50(56)39-78)32-63(68)64-33-46(20-27-69(64)83)57-14-6-2-10-51(57)40-79/h1-37H. The molecular formula is C73H37F3N8. The van der Waals surface area contributed by atoms with Crippen LogP contribution < -0.4 is 0 Å². The van der Waals surface area contributed by atoms with Crippen LogP contribution in [0.5, 0.6) is 0 Å². The fourth-order valence-electron chi connectivity index (χ4n) is 11.8. The fraction of sp³-hybridized carbons (Fsp3) is 0.0137. The van der Waals surface area contributed by atoms with Crippen LogP contribution in [0.15, 0.2) is 224 Å². The van der Waals surface area contributed by atoms with E-state index in [1.54, 1.807) is 60.7 Å². The SMILES string of the molecule is N#Cc1ccc(-c2ccc(-n3c4ccc(-c5ccccc5C#N)cc4c4cc(-c5ccccc5C#N)ccc43)c(-c3cc(-n4c5ccc(-c6ccccc6C#N)cc5c5cc(-c6ccccc6C#N)ccc54)ccc3C#N)c2)c(C(F)(F)F)c1. The van der Waals surface area contributed by atoms with E-state index in [0.29, 0.717) is 66.9 Å². The third-order valence-electron chi connectivity index (χ3n) is 15.6. The lowest BCUT2D eigenvalue weighted by Crippen LogP contribution is -2.08. The summed E-state index contributed by atoms with van der Waals surface area (Å²) < 4.78 is 49.7. The van der Waals surface area contributed by atoms with Crippen LogP contribution in [-0.4, -0.2) is 9.13 Å². The van der Waals surface area contributed by atoms with Crippen molar-refractivity contribution in [3.05, 3.63) is 263 Å². The van der Waals surface area contributed by atoms with Crippen LogP contribution >= 0.6 is 0 Å². The van der Waals surface area contributed by atoms with Crippen molar-refractivity contribution in [3.63, 3.8) is 0 Å². The van der Waals surface area contributed by atoms with Gasteiger partial charge >= 0.3 is 6.18 Å². The lowest BCUT2D eigenvalue weighted by Gasteiger charge is -2.20. The maximum Gasteiger partial charge on any atom is 0.417 e. The summed E-state index contributed by atoms with van der Waals surface area (Å²) in [5.41, 5.74) is 12.0. The molecule has 8 nitrogen and oxygen atoms in total. The van der Waals surface area contributed by atoms with Gasteiger partial charge in [-0.25, -0.2) is 0 Å². The molecule has 0 aliphatic heterocycles. The predicted octanol–water partition coefficient (Wildman–Crippen LogP) is 18.1. The second-order valence-electron chi connectivity index (χ2n) is 20.2. The molecule has 0 N–H and O–H groups in total. The fourth-order valence-corrected chi connectivity index (χ4v) is 11.8. The van der Waals surface area contributed by atoms with E-state index in [1.807, 2.05) is 156 Å². The zero-order valence-electron chi connectivity index (χ0n) is 44.1. The minimum atomic E-state index is -4.85. The summed E-state index contributed by atoms with van der Waals surface area (Å²) in [5, 5.41) is 65.0. The summed E-state index contributed by atoms with van der Waals surface area (Å²) in [5.74, 6) is 0. The number of hydrogen-bond acceptors (Lipinski definition) is 6. The molecule has 11 aromatic carbocycles. The number of nitrogens with zero attached hydrogens (tertiary/aromatic N) is 8. The molecule has 13 rings (SSSR count). The maximum absolute atomic E-state index is 15.2. The van der Waals surface area contributed by atoms with Crippen molar-refractivity contribution >= 4 is 43.6 Å². The molecule has 0 aliphatic rings. The summed E-state index contributed by atoms with van der Waals surface area (Å²) in [6, 6.07) is 80.7. The van der Waals surface area contributed by atoms with E-state index in [9.17, 15) is 31.6 Å². The van der Waals surface area contributed by atoms with E-state index in [2.05, 4.69) is 34.9 Å². The highest BCUT2D eigenvalue weighted by atomic mass is 19.4. The van der Waals surface area contributed by atoms with E-state index in [1.165, 1.54) is 12.1 Å². The molecule has 0 radical (unpaired) electrons. The van der Waals surface area contributed by atoms with Crippen LogP contribution in [0.4, 0.5) is 13.2 Å². The number of alkyl halides is 3. The Morgan fingerprint density at radius 3 is 1.05 bits per heavy atom. The zero-order valence-corrected chi connectivity index (χ0v) is 44.1. The number of hydrogen-bond donors (Lipinski definition) is 0. The van der Waals surface area contributed by atoms with Crippen molar-refractivity contribution in [2.45, 2.75) is 6.18 Å². The Morgan fingerprint density at radius 1 is 0.286 bits per heavy atom. The van der Waals surface area contributed by atoms with Crippen LogP contribution in [0.1, 0.15) is 38.9 Å². The van der Waals surface area contributed by atoms with E-state index >= 15 is 13.2 Å². The molecule has 390 valence electrons. The second kappa shape index (κ2) is 20.4. The highest BCUT2D eigenvalue weighted by molar-refractivity contribution is 6.14. The summed E-state index contributed by atoms with van der Waals surface area (Å²) in [6.45, 7) is 0. The smallest absolute Gasteiger partial charge is 0.309 e. The molecule has 2 heterocycles. The Hall–Kier alpha value is -12.3. The zero-order chi connectivity index (χ0) is 57.8. The van der Waals surface area contributed by atoms with Gasteiger partial charge in [-0.1, -0.05) is 109 Å². The molecule has 13 aromatic rings. The van der Waals surface area contributed by atoms with Gasteiger partial charge in [-0.15, -0.1) is 0 Å². The van der Waals surface area contributed by atoms with Gasteiger partial charge in [0.05, 0.1) is 103 Å². The quantitative estimate of drug-likeness (QED) is 0.148. The van der Waals surface area contributed by atoms with Crippen molar-refractivity contribution in [2.24, 2.45) is 0 Å². The number of aromatic nitrogens is 2. The largest absolute Gasteiger partial charge is 0.417 e. The first-order valence-corrected chi connectivity index (χ1v) is 26.5. The first-order valence-electron chi connectivity index (χ1n) is 26.5. The van der Waals surface area contributed by atoms with Crippen molar-refractivity contribution in [2.75, 3.05) is 0 Å². The van der Waals surface area contributed by atoms with Gasteiger partial charge in [0.2, 0.25) is 0 Å². The van der Waals surface area contributed by atoms with Gasteiger partial charge in [0.1, 0.15) is 0 Å². The number of halogens is 3. The van der Waals surface area contributed by atoms with Gasteiger partial charge in [0, 0.05) is 38.4 Å². The Kier molecular flexibility index (Phi) is 12.5. The minimum absolute atomic E-state index is 0.157. The van der Waals surface area contributed by atoms with Crippen LogP contribution in [0.25, 0.3) is 122 Å². The topological polar surface area (TPSA) is 153 Å². The summed E-state index contributed by atoms with van der Waals surface area (Å²) in [4.78, 5) is 0. The van der Waals surface area contributed by atoms with Gasteiger partial charge < -0.3 is 9.13 Å². The number of benzene rings is 11. The van der Waals surface area contributed by atoms with Crippen molar-refractivity contribution in [1.29, 1.82) is 31.6 Å². The number of nitriles is 6. The Labute approximate surface area is 479 Å². The Bertz CT molecular complexity index is 5000. The van der Waals surface area contributed by atoms with Crippen LogP contribution in [0, 0.1) is 68.0 Å². The molecule has 2 aromatic heterocycles. The average molecular weight is 1080 g/mol. The highest BCUT2D eigenvalue weighted by Crippen LogP contribution is 2.46. The van der Waals surface area contributed by atoms with Gasteiger partial charge in [0.15, 0.2) is 0 Å². The van der Waals surface area contributed by atoms with E-state index in [0.717, 1.165) is 72.0 Å². The first kappa shape index (κ1) is 51.2. The molecule has 0 saturated carbocycles. The lowest BCUT2D eigenvalue weighted by atomic mass is 9.91. The third kappa shape index (κ3) is 8.52. The molecule has 0 unspecified atom stereocenters. The first-order chi connectivity index (χ1) is 41.0. The maximum atomic E-state index is 15.2. The second-order valence-corrected chi connectivity index (χ2v) is 20.2. The Morgan fingerprint density at radius 2 is 0.655 bits per heavy atom. The molecular weight excluding hydrogens is 1050 g/mol. The summed E-state index contributed by atoms with van der Waals surface area (Å²) in [6.07, 6.45) is -4.85. The van der Waals surface area contributed by atoms with Gasteiger partial charge in [-0.2, -0.15) is 44.7 Å².